The second kappa shape index (κ2) is 9.25. The minimum Gasteiger partial charge on any atom is -0.478 e. The van der Waals surface area contributed by atoms with Crippen LogP contribution in [0.3, 0.4) is 0 Å². The van der Waals surface area contributed by atoms with Crippen molar-refractivity contribution >= 4 is 17.9 Å². The summed E-state index contributed by atoms with van der Waals surface area (Å²) in [6, 6.07) is 0. The number of aliphatic carboxylic acids is 1. The van der Waals surface area contributed by atoms with Crippen molar-refractivity contribution in [2.24, 2.45) is 17.8 Å². The second-order valence-corrected chi connectivity index (χ2v) is 6.41. The number of esters is 2. The molecule has 0 saturated heterocycles. The highest BCUT2D eigenvalue weighted by molar-refractivity contribution is 5.87. The summed E-state index contributed by atoms with van der Waals surface area (Å²) in [6.07, 6.45) is 5.36. The van der Waals surface area contributed by atoms with E-state index < -0.39 is 11.9 Å². The van der Waals surface area contributed by atoms with Gasteiger partial charge in [-0.15, -0.1) is 0 Å². The average molecular weight is 338 g/mol. The van der Waals surface area contributed by atoms with Crippen LogP contribution >= 0.6 is 0 Å². The molecule has 0 aliphatic heterocycles. The zero-order valence-electron chi connectivity index (χ0n) is 14.7. The van der Waals surface area contributed by atoms with Crippen molar-refractivity contribution < 1.29 is 29.0 Å². The lowest BCUT2D eigenvalue weighted by molar-refractivity contribution is -0.142. The molecule has 0 aromatic rings. The maximum absolute atomic E-state index is 11.4. The third kappa shape index (κ3) is 6.56. The zero-order valence-corrected chi connectivity index (χ0v) is 14.7. The van der Waals surface area contributed by atoms with Crippen LogP contribution in [0.5, 0.6) is 0 Å². The number of carbonyl (C=O) groups is 3. The van der Waals surface area contributed by atoms with Gasteiger partial charge in [-0.1, -0.05) is 26.0 Å². The van der Waals surface area contributed by atoms with Gasteiger partial charge in [-0.05, 0) is 36.2 Å². The Kier molecular flexibility index (Phi) is 7.68. The predicted octanol–water partition coefficient (Wildman–Crippen LogP) is 2.73. The first-order valence-corrected chi connectivity index (χ1v) is 8.11. The number of carboxylic acid groups (broad SMARTS) is 1. The Morgan fingerprint density at radius 3 is 2.38 bits per heavy atom. The van der Waals surface area contributed by atoms with Crippen molar-refractivity contribution in [2.75, 3.05) is 13.2 Å². The standard InChI is InChI=1S/C18H26O6/c1-11(2)17-6-5-14(9-23-12(3)19)7-15(17)8-16(18(21)22)10-24-13(4)20/h7-8,11,15,17H,5-6,9-10H2,1-4H3,(H,21,22). The average Bonchev–Trinajstić information content (AvgIpc) is 2.48. The Morgan fingerprint density at radius 2 is 1.88 bits per heavy atom. The first-order chi connectivity index (χ1) is 11.2. The summed E-state index contributed by atoms with van der Waals surface area (Å²) < 4.78 is 9.87. The van der Waals surface area contributed by atoms with Crippen LogP contribution in [0.15, 0.2) is 23.3 Å². The lowest BCUT2D eigenvalue weighted by Gasteiger charge is -2.31. The summed E-state index contributed by atoms with van der Waals surface area (Å²) in [4.78, 5) is 33.3. The van der Waals surface area contributed by atoms with Crippen LogP contribution in [-0.4, -0.2) is 36.2 Å². The van der Waals surface area contributed by atoms with Crippen molar-refractivity contribution in [1.29, 1.82) is 0 Å². The summed E-state index contributed by atoms with van der Waals surface area (Å²) in [5.74, 6) is -1.38. The fourth-order valence-electron chi connectivity index (χ4n) is 2.88. The summed E-state index contributed by atoms with van der Waals surface area (Å²) in [5.41, 5.74) is 1.05. The van der Waals surface area contributed by atoms with E-state index in [1.807, 2.05) is 6.08 Å². The number of rotatable bonds is 7. The second-order valence-electron chi connectivity index (χ2n) is 6.41. The SMILES string of the molecule is CC(=O)OCC1=CC(C=C(COC(C)=O)C(=O)O)C(C(C)C)CC1. The van der Waals surface area contributed by atoms with Crippen LogP contribution in [0, 0.1) is 17.8 Å². The molecule has 0 fully saturated rings. The quantitative estimate of drug-likeness (QED) is 0.436. The Balaban J connectivity index is 3.01. The number of hydrogen-bond acceptors (Lipinski definition) is 5. The molecule has 0 bridgehead atoms. The molecule has 24 heavy (non-hydrogen) atoms. The lowest BCUT2D eigenvalue weighted by Crippen LogP contribution is -2.24. The minimum absolute atomic E-state index is 0.0610. The molecule has 6 heteroatoms. The summed E-state index contributed by atoms with van der Waals surface area (Å²) in [6.45, 7) is 6.79. The van der Waals surface area contributed by atoms with Gasteiger partial charge >= 0.3 is 17.9 Å². The number of ether oxygens (including phenoxy) is 2. The summed E-state index contributed by atoms with van der Waals surface area (Å²) >= 11 is 0. The summed E-state index contributed by atoms with van der Waals surface area (Å²) in [5, 5.41) is 9.33. The highest BCUT2D eigenvalue weighted by Crippen LogP contribution is 2.35. The third-order valence-electron chi connectivity index (χ3n) is 4.14. The van der Waals surface area contributed by atoms with Gasteiger partial charge in [-0.25, -0.2) is 4.79 Å². The molecule has 0 heterocycles. The van der Waals surface area contributed by atoms with Crippen molar-refractivity contribution in [3.8, 4) is 0 Å². The molecule has 1 rings (SSSR count). The van der Waals surface area contributed by atoms with Crippen molar-refractivity contribution in [3.05, 3.63) is 23.3 Å². The van der Waals surface area contributed by atoms with Crippen LogP contribution < -0.4 is 0 Å². The number of hydrogen-bond donors (Lipinski definition) is 1. The molecule has 6 nitrogen and oxygen atoms in total. The highest BCUT2D eigenvalue weighted by atomic mass is 16.5. The van der Waals surface area contributed by atoms with E-state index in [9.17, 15) is 19.5 Å². The fourth-order valence-corrected chi connectivity index (χ4v) is 2.88. The van der Waals surface area contributed by atoms with Crippen LogP contribution in [0.1, 0.15) is 40.5 Å². The number of carboxylic acids is 1. The van der Waals surface area contributed by atoms with Gasteiger partial charge in [-0.3, -0.25) is 9.59 Å². The minimum atomic E-state index is -1.10. The monoisotopic (exact) mass is 338 g/mol. The molecular weight excluding hydrogens is 312 g/mol. The molecule has 0 aromatic heterocycles. The van der Waals surface area contributed by atoms with Crippen LogP contribution in [0.4, 0.5) is 0 Å². The van der Waals surface area contributed by atoms with Crippen LogP contribution in [0.2, 0.25) is 0 Å². The number of carbonyl (C=O) groups excluding carboxylic acids is 2. The van der Waals surface area contributed by atoms with Gasteiger partial charge in [0.25, 0.3) is 0 Å². The van der Waals surface area contributed by atoms with Crippen molar-refractivity contribution in [1.82, 2.24) is 0 Å². The molecule has 0 saturated carbocycles. The molecule has 0 amide bonds. The fraction of sp³-hybridized carbons (Fsp3) is 0.611. The van der Waals surface area contributed by atoms with Gasteiger partial charge < -0.3 is 14.6 Å². The largest absolute Gasteiger partial charge is 0.478 e. The van der Waals surface area contributed by atoms with E-state index in [4.69, 9.17) is 9.47 Å². The molecule has 1 aliphatic rings. The molecular formula is C18H26O6. The Morgan fingerprint density at radius 1 is 1.25 bits per heavy atom. The molecule has 0 radical (unpaired) electrons. The number of allylic oxidation sites excluding steroid dienone is 2. The van der Waals surface area contributed by atoms with E-state index >= 15 is 0 Å². The van der Waals surface area contributed by atoms with Gasteiger partial charge in [0.15, 0.2) is 0 Å². The van der Waals surface area contributed by atoms with Gasteiger partial charge in [0.2, 0.25) is 0 Å². The van der Waals surface area contributed by atoms with E-state index in [0.717, 1.165) is 18.4 Å². The van der Waals surface area contributed by atoms with Gasteiger partial charge in [0.05, 0.1) is 5.57 Å². The van der Waals surface area contributed by atoms with E-state index in [-0.39, 0.29) is 36.6 Å². The molecule has 1 N–H and O–H groups in total. The highest BCUT2D eigenvalue weighted by Gasteiger charge is 2.27. The molecule has 134 valence electrons. The maximum Gasteiger partial charge on any atom is 0.334 e. The molecule has 0 aromatic carbocycles. The third-order valence-corrected chi connectivity index (χ3v) is 4.14. The Labute approximate surface area is 142 Å². The first kappa shape index (κ1) is 19.9. The summed E-state index contributed by atoms with van der Waals surface area (Å²) in [7, 11) is 0. The van der Waals surface area contributed by atoms with Crippen molar-refractivity contribution in [2.45, 2.75) is 40.5 Å². The molecule has 1 aliphatic carbocycles. The van der Waals surface area contributed by atoms with Crippen molar-refractivity contribution in [3.63, 3.8) is 0 Å². The molecule has 2 unspecified atom stereocenters. The van der Waals surface area contributed by atoms with Crippen LogP contribution in [0.25, 0.3) is 0 Å². The van der Waals surface area contributed by atoms with Gasteiger partial charge in [0.1, 0.15) is 13.2 Å². The van der Waals surface area contributed by atoms with E-state index in [2.05, 4.69) is 13.8 Å². The van der Waals surface area contributed by atoms with Gasteiger partial charge in [-0.2, -0.15) is 0 Å². The maximum atomic E-state index is 11.4. The molecule has 2 atom stereocenters. The van der Waals surface area contributed by atoms with E-state index in [1.165, 1.54) is 13.8 Å². The van der Waals surface area contributed by atoms with Crippen LogP contribution in [-0.2, 0) is 23.9 Å². The zero-order chi connectivity index (χ0) is 18.3. The lowest BCUT2D eigenvalue weighted by atomic mass is 9.74. The van der Waals surface area contributed by atoms with E-state index in [1.54, 1.807) is 6.08 Å². The Hall–Kier alpha value is -2.11. The van der Waals surface area contributed by atoms with Gasteiger partial charge in [0, 0.05) is 13.8 Å². The Bertz CT molecular complexity index is 544. The topological polar surface area (TPSA) is 89.9 Å². The van der Waals surface area contributed by atoms with E-state index in [0.29, 0.717) is 5.92 Å². The molecule has 0 spiro atoms. The predicted molar refractivity (Wildman–Crippen MR) is 88.1 cm³/mol. The smallest absolute Gasteiger partial charge is 0.334 e. The first-order valence-electron chi connectivity index (χ1n) is 8.11. The normalized spacial score (nSPS) is 21.2.